The monoisotopic (exact) mass is 233 g/mol. The number of nitrogens with zero attached hydrogens (tertiary/aromatic N) is 2. The van der Waals surface area contributed by atoms with Crippen molar-refractivity contribution in [3.8, 4) is 0 Å². The summed E-state index contributed by atoms with van der Waals surface area (Å²) in [5.74, 6) is 0.128. The number of hydrogen-bond donors (Lipinski definition) is 1. The van der Waals surface area contributed by atoms with Crippen molar-refractivity contribution in [1.82, 2.24) is 10.2 Å². The number of carbonyl (C=O) groups is 1. The number of benzene rings is 1. The number of anilines is 1. The van der Waals surface area contributed by atoms with E-state index in [2.05, 4.69) is 10.2 Å². The van der Waals surface area contributed by atoms with Crippen molar-refractivity contribution in [2.45, 2.75) is 6.04 Å². The summed E-state index contributed by atoms with van der Waals surface area (Å²) in [5.41, 5.74) is 0.938. The highest BCUT2D eigenvalue weighted by Gasteiger charge is 2.26. The van der Waals surface area contributed by atoms with Gasteiger partial charge in [0, 0.05) is 32.4 Å². The van der Waals surface area contributed by atoms with Crippen molar-refractivity contribution < 1.29 is 4.79 Å². The summed E-state index contributed by atoms with van der Waals surface area (Å²) < 4.78 is 0. The zero-order chi connectivity index (χ0) is 12.3. The lowest BCUT2D eigenvalue weighted by Crippen LogP contribution is -2.56. The van der Waals surface area contributed by atoms with Crippen LogP contribution in [0.25, 0.3) is 0 Å². The molecule has 4 heteroatoms. The van der Waals surface area contributed by atoms with Gasteiger partial charge in [0.2, 0.25) is 5.91 Å². The minimum absolute atomic E-state index is 0.0982. The van der Waals surface area contributed by atoms with E-state index in [1.54, 1.807) is 4.90 Å². The van der Waals surface area contributed by atoms with Gasteiger partial charge < -0.3 is 15.1 Å². The summed E-state index contributed by atoms with van der Waals surface area (Å²) in [6.07, 6.45) is 0. The zero-order valence-electron chi connectivity index (χ0n) is 10.4. The van der Waals surface area contributed by atoms with Gasteiger partial charge in [-0.15, -0.1) is 0 Å². The van der Waals surface area contributed by atoms with E-state index in [-0.39, 0.29) is 11.9 Å². The fourth-order valence-electron chi connectivity index (χ4n) is 2.08. The summed E-state index contributed by atoms with van der Waals surface area (Å²) >= 11 is 0. The van der Waals surface area contributed by atoms with Crippen molar-refractivity contribution in [3.05, 3.63) is 30.3 Å². The SMILES string of the molecule is CN1CCNC(C(=O)N(C)c2ccccc2)C1. The first-order chi connectivity index (χ1) is 8.18. The van der Waals surface area contributed by atoms with E-state index < -0.39 is 0 Å². The van der Waals surface area contributed by atoms with Crippen LogP contribution in [0.3, 0.4) is 0 Å². The lowest BCUT2D eigenvalue weighted by molar-refractivity contribution is -0.121. The number of nitrogens with one attached hydrogen (secondary N) is 1. The molecule has 0 radical (unpaired) electrons. The molecular weight excluding hydrogens is 214 g/mol. The highest BCUT2D eigenvalue weighted by molar-refractivity contribution is 5.96. The van der Waals surface area contributed by atoms with Crippen molar-refractivity contribution in [2.75, 3.05) is 38.6 Å². The molecule has 1 atom stereocenters. The topological polar surface area (TPSA) is 35.6 Å². The number of carbonyl (C=O) groups excluding carboxylic acids is 1. The summed E-state index contributed by atoms with van der Waals surface area (Å²) in [6.45, 7) is 2.64. The molecule has 1 saturated heterocycles. The minimum Gasteiger partial charge on any atom is -0.314 e. The first-order valence-corrected chi connectivity index (χ1v) is 5.93. The molecule has 1 aliphatic heterocycles. The second-order valence-corrected chi connectivity index (χ2v) is 4.50. The third-order valence-corrected chi connectivity index (χ3v) is 3.15. The Bertz CT molecular complexity index is 380. The Morgan fingerprint density at radius 2 is 2.12 bits per heavy atom. The maximum Gasteiger partial charge on any atom is 0.245 e. The summed E-state index contributed by atoms with van der Waals surface area (Å²) in [7, 11) is 3.87. The van der Waals surface area contributed by atoms with E-state index in [0.717, 1.165) is 25.3 Å². The van der Waals surface area contributed by atoms with Crippen LogP contribution in [-0.2, 0) is 4.79 Å². The van der Waals surface area contributed by atoms with E-state index in [4.69, 9.17) is 0 Å². The summed E-state index contributed by atoms with van der Waals surface area (Å²) in [4.78, 5) is 16.2. The second-order valence-electron chi connectivity index (χ2n) is 4.50. The first kappa shape index (κ1) is 12.1. The molecule has 17 heavy (non-hydrogen) atoms. The zero-order valence-corrected chi connectivity index (χ0v) is 10.4. The Hall–Kier alpha value is -1.39. The second kappa shape index (κ2) is 5.29. The predicted octanol–water partition coefficient (Wildman–Crippen LogP) is 0.553. The largest absolute Gasteiger partial charge is 0.314 e. The Kier molecular flexibility index (Phi) is 3.76. The molecule has 0 saturated carbocycles. The van der Waals surface area contributed by atoms with Crippen LogP contribution in [0.2, 0.25) is 0 Å². The van der Waals surface area contributed by atoms with Crippen LogP contribution in [0, 0.1) is 0 Å². The first-order valence-electron chi connectivity index (χ1n) is 5.93. The normalized spacial score (nSPS) is 21.2. The van der Waals surface area contributed by atoms with Crippen LogP contribution >= 0.6 is 0 Å². The van der Waals surface area contributed by atoms with Crippen molar-refractivity contribution in [3.63, 3.8) is 0 Å². The molecule has 4 nitrogen and oxygen atoms in total. The van der Waals surface area contributed by atoms with Gasteiger partial charge in [-0.1, -0.05) is 18.2 Å². The van der Waals surface area contributed by atoms with E-state index in [0.29, 0.717) is 0 Å². The highest BCUT2D eigenvalue weighted by atomic mass is 16.2. The predicted molar refractivity (Wildman–Crippen MR) is 69.1 cm³/mol. The molecular formula is C13H19N3O. The molecule has 1 heterocycles. The van der Waals surface area contributed by atoms with E-state index >= 15 is 0 Å². The molecule has 1 aromatic carbocycles. The van der Waals surface area contributed by atoms with E-state index in [9.17, 15) is 4.79 Å². The molecule has 1 aromatic rings. The average Bonchev–Trinajstić information content (AvgIpc) is 2.38. The van der Waals surface area contributed by atoms with Gasteiger partial charge >= 0.3 is 0 Å². The van der Waals surface area contributed by atoms with Crippen molar-refractivity contribution in [2.24, 2.45) is 0 Å². The number of hydrogen-bond acceptors (Lipinski definition) is 3. The smallest absolute Gasteiger partial charge is 0.245 e. The minimum atomic E-state index is -0.0982. The fourth-order valence-corrected chi connectivity index (χ4v) is 2.08. The molecule has 1 N–H and O–H groups in total. The van der Waals surface area contributed by atoms with Crippen LogP contribution in [0.1, 0.15) is 0 Å². The highest BCUT2D eigenvalue weighted by Crippen LogP contribution is 2.13. The number of likely N-dealkylation sites (N-methyl/N-ethyl adjacent to an activating group) is 2. The van der Waals surface area contributed by atoms with Gasteiger partial charge in [0.25, 0.3) is 0 Å². The van der Waals surface area contributed by atoms with Crippen LogP contribution in [0.15, 0.2) is 30.3 Å². The molecule has 0 aromatic heterocycles. The Morgan fingerprint density at radius 1 is 1.41 bits per heavy atom. The van der Waals surface area contributed by atoms with Crippen LogP contribution in [0.5, 0.6) is 0 Å². The molecule has 1 unspecified atom stereocenters. The number of para-hydroxylation sites is 1. The lowest BCUT2D eigenvalue weighted by atomic mass is 10.2. The number of amides is 1. The third kappa shape index (κ3) is 2.84. The molecule has 0 bridgehead atoms. The number of rotatable bonds is 2. The summed E-state index contributed by atoms with van der Waals surface area (Å²) in [6, 6.07) is 9.64. The molecule has 1 fully saturated rings. The van der Waals surface area contributed by atoms with Gasteiger partial charge in [-0.05, 0) is 19.2 Å². The van der Waals surface area contributed by atoms with Crippen LogP contribution in [-0.4, -0.2) is 50.6 Å². The van der Waals surface area contributed by atoms with Crippen LogP contribution in [0.4, 0.5) is 5.69 Å². The maximum atomic E-state index is 12.3. The Balaban J connectivity index is 2.04. The molecule has 2 rings (SSSR count). The van der Waals surface area contributed by atoms with Crippen molar-refractivity contribution >= 4 is 11.6 Å². The van der Waals surface area contributed by atoms with Gasteiger partial charge in [-0.2, -0.15) is 0 Å². The van der Waals surface area contributed by atoms with Gasteiger partial charge in [0.15, 0.2) is 0 Å². The Labute approximate surface area is 102 Å². The van der Waals surface area contributed by atoms with E-state index in [1.165, 1.54) is 0 Å². The quantitative estimate of drug-likeness (QED) is 0.810. The molecule has 1 amide bonds. The van der Waals surface area contributed by atoms with Crippen LogP contribution < -0.4 is 10.2 Å². The fraction of sp³-hybridized carbons (Fsp3) is 0.462. The average molecular weight is 233 g/mol. The number of piperazine rings is 1. The standard InChI is InChI=1S/C13H19N3O/c1-15-9-8-14-12(10-15)13(17)16(2)11-6-4-3-5-7-11/h3-7,12,14H,8-10H2,1-2H3. The lowest BCUT2D eigenvalue weighted by Gasteiger charge is -2.32. The van der Waals surface area contributed by atoms with E-state index in [1.807, 2.05) is 44.4 Å². The molecule has 0 aliphatic carbocycles. The van der Waals surface area contributed by atoms with Gasteiger partial charge in [-0.25, -0.2) is 0 Å². The third-order valence-electron chi connectivity index (χ3n) is 3.15. The van der Waals surface area contributed by atoms with Gasteiger partial charge in [0.1, 0.15) is 6.04 Å². The molecule has 92 valence electrons. The van der Waals surface area contributed by atoms with Crippen molar-refractivity contribution in [1.29, 1.82) is 0 Å². The summed E-state index contributed by atoms with van der Waals surface area (Å²) in [5, 5.41) is 3.27. The van der Waals surface area contributed by atoms with Gasteiger partial charge in [0.05, 0.1) is 0 Å². The van der Waals surface area contributed by atoms with Gasteiger partial charge in [-0.3, -0.25) is 4.79 Å². The molecule has 0 spiro atoms. The Morgan fingerprint density at radius 3 is 2.76 bits per heavy atom. The molecule has 1 aliphatic rings. The maximum absolute atomic E-state index is 12.3.